The fourth-order valence-electron chi connectivity index (χ4n) is 1.34. The van der Waals surface area contributed by atoms with Crippen LogP contribution in [0, 0.1) is 5.82 Å². The lowest BCUT2D eigenvalue weighted by molar-refractivity contribution is 0.407. The van der Waals surface area contributed by atoms with Crippen LogP contribution in [0.25, 0.3) is 0 Å². The summed E-state index contributed by atoms with van der Waals surface area (Å²) in [5.74, 6) is 0.136. The Balaban J connectivity index is 0.00000196. The van der Waals surface area contributed by atoms with Gasteiger partial charge in [-0.2, -0.15) is 0 Å². The maximum absolute atomic E-state index is 13.0. The van der Waals surface area contributed by atoms with Crippen LogP contribution in [0.3, 0.4) is 0 Å². The molecule has 0 heterocycles. The maximum atomic E-state index is 13.0. The van der Waals surface area contributed by atoms with Gasteiger partial charge in [-0.25, -0.2) is 4.39 Å². The Bertz CT molecular complexity index is 331. The highest BCUT2D eigenvalue weighted by Crippen LogP contribution is 2.30. The van der Waals surface area contributed by atoms with Gasteiger partial charge in [0, 0.05) is 11.6 Å². The molecule has 1 atom stereocenters. The lowest BCUT2D eigenvalue weighted by Gasteiger charge is -2.12. The molecule has 0 bridgehead atoms. The van der Waals surface area contributed by atoms with Crippen molar-refractivity contribution in [1.82, 2.24) is 0 Å². The topological polar surface area (TPSA) is 35.2 Å². The van der Waals surface area contributed by atoms with Crippen LogP contribution in [0.15, 0.2) is 12.1 Å². The number of ether oxygens (including phenoxy) is 1. The average molecular weight is 254 g/mol. The van der Waals surface area contributed by atoms with E-state index in [4.69, 9.17) is 22.1 Å². The largest absolute Gasteiger partial charge is 0.495 e. The van der Waals surface area contributed by atoms with Crippen LogP contribution >= 0.6 is 24.0 Å². The molecule has 5 heteroatoms. The number of hydrogen-bond acceptors (Lipinski definition) is 2. The van der Waals surface area contributed by atoms with Gasteiger partial charge in [0.05, 0.1) is 12.1 Å². The molecule has 0 spiro atoms. The van der Waals surface area contributed by atoms with Crippen LogP contribution in [0.1, 0.15) is 12.5 Å². The van der Waals surface area contributed by atoms with E-state index in [0.717, 1.165) is 0 Å². The predicted molar refractivity (Wildman–Crippen MR) is 62.6 cm³/mol. The van der Waals surface area contributed by atoms with E-state index < -0.39 is 0 Å². The molecule has 2 nitrogen and oxygen atoms in total. The molecular formula is C10H14Cl2FNO. The van der Waals surface area contributed by atoms with Crippen molar-refractivity contribution in [2.24, 2.45) is 5.73 Å². The zero-order chi connectivity index (χ0) is 10.7. The number of nitrogens with two attached hydrogens (primary N) is 1. The first-order valence-corrected chi connectivity index (χ1v) is 4.70. The first-order valence-electron chi connectivity index (χ1n) is 4.32. The molecule has 1 aromatic carbocycles. The number of halogens is 3. The molecule has 86 valence electrons. The Labute approximate surface area is 100.0 Å². The van der Waals surface area contributed by atoms with E-state index in [-0.39, 0.29) is 29.3 Å². The van der Waals surface area contributed by atoms with Crippen LogP contribution in [-0.2, 0) is 6.42 Å². The van der Waals surface area contributed by atoms with Gasteiger partial charge >= 0.3 is 0 Å². The fourth-order valence-corrected chi connectivity index (χ4v) is 1.64. The summed E-state index contributed by atoms with van der Waals surface area (Å²) in [6.45, 7) is 1.85. The number of rotatable bonds is 3. The first kappa shape index (κ1) is 14.5. The Hall–Kier alpha value is -0.510. The lowest BCUT2D eigenvalue weighted by Crippen LogP contribution is -2.18. The molecule has 0 saturated carbocycles. The van der Waals surface area contributed by atoms with Crippen LogP contribution in [0.2, 0.25) is 5.02 Å². The Kier molecular flexibility index (Phi) is 5.95. The number of hydrogen-bond donors (Lipinski definition) is 1. The van der Waals surface area contributed by atoms with Crippen LogP contribution < -0.4 is 10.5 Å². The summed E-state index contributed by atoms with van der Waals surface area (Å²) in [6, 6.07) is 2.57. The second kappa shape index (κ2) is 6.16. The molecular weight excluding hydrogens is 240 g/mol. The highest BCUT2D eigenvalue weighted by molar-refractivity contribution is 6.32. The molecule has 15 heavy (non-hydrogen) atoms. The summed E-state index contributed by atoms with van der Waals surface area (Å²) in [5, 5.41) is 0.281. The minimum atomic E-state index is -0.369. The fraction of sp³-hybridized carbons (Fsp3) is 0.400. The summed E-state index contributed by atoms with van der Waals surface area (Å²) >= 11 is 5.81. The normalized spacial score (nSPS) is 11.8. The summed E-state index contributed by atoms with van der Waals surface area (Å²) in [6.07, 6.45) is 0.542. The average Bonchev–Trinajstić information content (AvgIpc) is 2.01. The highest BCUT2D eigenvalue weighted by Gasteiger charge is 2.11. The SMILES string of the molecule is COc1c(Cl)cc(F)cc1CC(C)N.Cl. The minimum Gasteiger partial charge on any atom is -0.495 e. The third-order valence-electron chi connectivity index (χ3n) is 1.83. The van der Waals surface area contributed by atoms with Crippen molar-refractivity contribution < 1.29 is 9.13 Å². The lowest BCUT2D eigenvalue weighted by atomic mass is 10.1. The van der Waals surface area contributed by atoms with E-state index in [1.165, 1.54) is 19.2 Å². The van der Waals surface area contributed by atoms with E-state index in [1.807, 2.05) is 6.92 Å². The molecule has 0 saturated heterocycles. The van der Waals surface area contributed by atoms with Crippen LogP contribution in [0.5, 0.6) is 5.75 Å². The Morgan fingerprint density at radius 1 is 1.53 bits per heavy atom. The van der Waals surface area contributed by atoms with Crippen molar-refractivity contribution >= 4 is 24.0 Å². The monoisotopic (exact) mass is 253 g/mol. The minimum absolute atomic E-state index is 0. The van der Waals surface area contributed by atoms with Gasteiger partial charge in [-0.15, -0.1) is 12.4 Å². The van der Waals surface area contributed by atoms with Gasteiger partial charge in [0.1, 0.15) is 11.6 Å². The molecule has 0 aliphatic carbocycles. The molecule has 1 unspecified atom stereocenters. The van der Waals surface area contributed by atoms with Gasteiger partial charge in [-0.3, -0.25) is 0 Å². The first-order chi connectivity index (χ1) is 6.54. The standard InChI is InChI=1S/C10H13ClFNO.ClH/c1-6(13)3-7-4-8(12)5-9(11)10(7)14-2;/h4-6H,3,13H2,1-2H3;1H. The summed E-state index contributed by atoms with van der Waals surface area (Å²) < 4.78 is 18.1. The van der Waals surface area contributed by atoms with E-state index in [0.29, 0.717) is 17.7 Å². The van der Waals surface area contributed by atoms with E-state index in [9.17, 15) is 4.39 Å². The third kappa shape index (κ3) is 3.86. The zero-order valence-electron chi connectivity index (χ0n) is 8.59. The molecule has 0 radical (unpaired) electrons. The number of methoxy groups -OCH3 is 1. The second-order valence-corrected chi connectivity index (χ2v) is 3.67. The van der Waals surface area contributed by atoms with E-state index in [1.54, 1.807) is 0 Å². The summed E-state index contributed by atoms with van der Waals surface area (Å²) in [7, 11) is 1.50. The van der Waals surface area contributed by atoms with Gasteiger partial charge < -0.3 is 10.5 Å². The smallest absolute Gasteiger partial charge is 0.140 e. The van der Waals surface area contributed by atoms with Gasteiger partial charge in [0.2, 0.25) is 0 Å². The van der Waals surface area contributed by atoms with Crippen molar-refractivity contribution in [1.29, 1.82) is 0 Å². The van der Waals surface area contributed by atoms with Gasteiger partial charge in [0.15, 0.2) is 0 Å². The molecule has 0 aromatic heterocycles. The predicted octanol–water partition coefficient (Wildman–Crippen LogP) is 2.80. The van der Waals surface area contributed by atoms with Gasteiger partial charge in [0.25, 0.3) is 0 Å². The summed E-state index contributed by atoms with van der Waals surface area (Å²) in [5.41, 5.74) is 6.33. The Morgan fingerprint density at radius 2 is 2.13 bits per heavy atom. The molecule has 1 aromatic rings. The molecule has 0 amide bonds. The van der Waals surface area contributed by atoms with Crippen molar-refractivity contribution in [3.05, 3.63) is 28.5 Å². The molecule has 2 N–H and O–H groups in total. The molecule has 0 aliphatic rings. The maximum Gasteiger partial charge on any atom is 0.140 e. The van der Waals surface area contributed by atoms with Crippen LogP contribution in [-0.4, -0.2) is 13.2 Å². The summed E-state index contributed by atoms with van der Waals surface area (Å²) in [4.78, 5) is 0. The molecule has 1 rings (SSSR count). The van der Waals surface area contributed by atoms with Gasteiger partial charge in [-0.05, 0) is 25.5 Å². The van der Waals surface area contributed by atoms with Crippen molar-refractivity contribution in [3.63, 3.8) is 0 Å². The van der Waals surface area contributed by atoms with Gasteiger partial charge in [-0.1, -0.05) is 11.6 Å². The van der Waals surface area contributed by atoms with Crippen molar-refractivity contribution in [3.8, 4) is 5.75 Å². The molecule has 0 aliphatic heterocycles. The van der Waals surface area contributed by atoms with Crippen LogP contribution in [0.4, 0.5) is 4.39 Å². The number of benzene rings is 1. The van der Waals surface area contributed by atoms with Crippen molar-refractivity contribution in [2.75, 3.05) is 7.11 Å². The van der Waals surface area contributed by atoms with E-state index >= 15 is 0 Å². The third-order valence-corrected chi connectivity index (χ3v) is 2.11. The zero-order valence-corrected chi connectivity index (χ0v) is 10.2. The molecule has 0 fully saturated rings. The highest BCUT2D eigenvalue weighted by atomic mass is 35.5. The van der Waals surface area contributed by atoms with E-state index in [2.05, 4.69) is 0 Å². The quantitative estimate of drug-likeness (QED) is 0.900. The van der Waals surface area contributed by atoms with Crippen molar-refractivity contribution in [2.45, 2.75) is 19.4 Å². The Morgan fingerprint density at radius 3 is 2.60 bits per heavy atom. The second-order valence-electron chi connectivity index (χ2n) is 3.26.